The Morgan fingerprint density at radius 2 is 1.89 bits per heavy atom. The lowest BCUT2D eigenvalue weighted by Crippen LogP contribution is -2.20. The number of nitro groups is 1. The van der Waals surface area contributed by atoms with Crippen LogP contribution in [0.25, 0.3) is 0 Å². The van der Waals surface area contributed by atoms with Crippen molar-refractivity contribution in [1.82, 2.24) is 4.57 Å². The molecule has 2 aromatic rings. The summed E-state index contributed by atoms with van der Waals surface area (Å²) in [6.45, 7) is 0.812. The average molecular weight is 399 g/mol. The van der Waals surface area contributed by atoms with Crippen LogP contribution < -0.4 is 5.73 Å². The first-order chi connectivity index (χ1) is 12.9. The molecule has 1 aromatic heterocycles. The molecule has 0 bridgehead atoms. The first kappa shape index (κ1) is 20.9. The Bertz CT molecular complexity index is 950. The van der Waals surface area contributed by atoms with E-state index in [9.17, 15) is 32.9 Å². The van der Waals surface area contributed by atoms with E-state index in [4.69, 9.17) is 10.5 Å². The van der Waals surface area contributed by atoms with Gasteiger partial charge in [-0.2, -0.15) is 13.2 Å². The van der Waals surface area contributed by atoms with Crippen molar-refractivity contribution in [3.8, 4) is 0 Å². The third-order valence-electron chi connectivity index (χ3n) is 4.01. The number of nitro benzene ring substituents is 1. The zero-order chi connectivity index (χ0) is 21.2. The highest BCUT2D eigenvalue weighted by molar-refractivity contribution is 6.00. The van der Waals surface area contributed by atoms with Crippen molar-refractivity contribution >= 4 is 23.1 Å². The highest BCUT2D eigenvalue weighted by Crippen LogP contribution is 2.24. The van der Waals surface area contributed by atoms with Crippen LogP contribution >= 0.6 is 0 Å². The van der Waals surface area contributed by atoms with E-state index in [2.05, 4.69) is 0 Å². The van der Waals surface area contributed by atoms with Crippen LogP contribution in [0, 0.1) is 24.0 Å². The van der Waals surface area contributed by atoms with Crippen LogP contribution in [0.4, 0.5) is 24.5 Å². The van der Waals surface area contributed by atoms with Crippen LogP contribution in [-0.2, 0) is 11.3 Å². The smallest absolute Gasteiger partial charge is 0.406 e. The van der Waals surface area contributed by atoms with E-state index in [-0.39, 0.29) is 28.2 Å². The number of alkyl halides is 3. The zero-order valence-electron chi connectivity index (χ0n) is 14.9. The highest BCUT2D eigenvalue weighted by atomic mass is 19.4. The van der Waals surface area contributed by atoms with E-state index in [1.807, 2.05) is 0 Å². The molecule has 0 spiro atoms. The maximum atomic E-state index is 12.6. The highest BCUT2D eigenvalue weighted by Gasteiger charge is 2.30. The number of hydrogen-bond donors (Lipinski definition) is 1. The molecule has 0 aliphatic heterocycles. The lowest BCUT2D eigenvalue weighted by molar-refractivity contribution is -0.383. The fourth-order valence-corrected chi connectivity index (χ4v) is 2.63. The topological polar surface area (TPSA) is 117 Å². The minimum absolute atomic E-state index is 0.00200. The predicted molar refractivity (Wildman–Crippen MR) is 92.1 cm³/mol. The van der Waals surface area contributed by atoms with Crippen LogP contribution in [0.15, 0.2) is 24.3 Å². The molecule has 0 aliphatic rings. The summed E-state index contributed by atoms with van der Waals surface area (Å²) in [6, 6.07) is 4.55. The molecule has 11 heteroatoms. The van der Waals surface area contributed by atoms with Gasteiger partial charge in [0.05, 0.1) is 10.5 Å². The molecule has 0 aliphatic carbocycles. The standard InChI is InChI=1S/C17H16F3N3O5/c1-9-5-12(10(2)22(9)8-17(18,19)20)15(24)7-28-16(25)11-3-4-13(21)14(6-11)23(26)27/h3-6H,7-8,21H2,1-2H3. The monoisotopic (exact) mass is 399 g/mol. The van der Waals surface area contributed by atoms with Gasteiger partial charge >= 0.3 is 12.1 Å². The third-order valence-corrected chi connectivity index (χ3v) is 4.01. The number of nitrogens with zero attached hydrogens (tertiary/aromatic N) is 2. The van der Waals surface area contributed by atoms with Crippen molar-refractivity contribution < 1.29 is 32.4 Å². The number of rotatable bonds is 6. The molecular formula is C17H16F3N3O5. The summed E-state index contributed by atoms with van der Waals surface area (Å²) in [5.41, 5.74) is 4.95. The summed E-state index contributed by atoms with van der Waals surface area (Å²) in [5.74, 6) is -1.69. The summed E-state index contributed by atoms with van der Waals surface area (Å²) in [5, 5.41) is 10.9. The lowest BCUT2D eigenvalue weighted by Gasteiger charge is -2.12. The summed E-state index contributed by atoms with van der Waals surface area (Å²) in [7, 11) is 0. The lowest BCUT2D eigenvalue weighted by atomic mass is 10.1. The van der Waals surface area contributed by atoms with Crippen LogP contribution in [0.2, 0.25) is 0 Å². The Kier molecular flexibility index (Phi) is 5.76. The molecule has 150 valence electrons. The number of ketones is 1. The molecule has 1 aromatic carbocycles. The van der Waals surface area contributed by atoms with Gasteiger partial charge in [0.2, 0.25) is 5.78 Å². The second kappa shape index (κ2) is 7.71. The Balaban J connectivity index is 2.12. The van der Waals surface area contributed by atoms with Gasteiger partial charge in [0.1, 0.15) is 12.2 Å². The van der Waals surface area contributed by atoms with Gasteiger partial charge in [0.15, 0.2) is 6.61 Å². The molecule has 2 rings (SSSR count). The van der Waals surface area contributed by atoms with Gasteiger partial charge in [-0.3, -0.25) is 14.9 Å². The maximum Gasteiger partial charge on any atom is 0.406 e. The molecule has 0 amide bonds. The normalized spacial score (nSPS) is 11.3. The Labute approximate surface area is 156 Å². The molecule has 0 saturated carbocycles. The molecule has 0 saturated heterocycles. The molecule has 1 heterocycles. The van der Waals surface area contributed by atoms with Gasteiger partial charge < -0.3 is 15.0 Å². The molecule has 28 heavy (non-hydrogen) atoms. The number of halogens is 3. The van der Waals surface area contributed by atoms with Crippen LogP contribution in [0.5, 0.6) is 0 Å². The summed E-state index contributed by atoms with van der Waals surface area (Å²) < 4.78 is 43.7. The second-order valence-electron chi connectivity index (χ2n) is 6.02. The van der Waals surface area contributed by atoms with E-state index >= 15 is 0 Å². The summed E-state index contributed by atoms with van der Waals surface area (Å²) in [6.07, 6.45) is -4.45. The molecule has 0 radical (unpaired) electrons. The van der Waals surface area contributed by atoms with Gasteiger partial charge in [0, 0.05) is 23.0 Å². The van der Waals surface area contributed by atoms with Gasteiger partial charge in [0.25, 0.3) is 5.69 Å². The number of esters is 1. The van der Waals surface area contributed by atoms with E-state index in [1.165, 1.54) is 26.0 Å². The number of nitrogen functional groups attached to an aromatic ring is 1. The van der Waals surface area contributed by atoms with Gasteiger partial charge in [-0.05, 0) is 32.0 Å². The number of carbonyl (C=O) groups excluding carboxylic acids is 2. The van der Waals surface area contributed by atoms with Crippen molar-refractivity contribution in [1.29, 1.82) is 0 Å². The molecule has 2 N–H and O–H groups in total. The van der Waals surface area contributed by atoms with Crippen LogP contribution in [0.1, 0.15) is 32.1 Å². The number of anilines is 1. The Morgan fingerprint density at radius 1 is 1.25 bits per heavy atom. The molecule has 0 atom stereocenters. The summed E-state index contributed by atoms with van der Waals surface area (Å²) >= 11 is 0. The number of carbonyl (C=O) groups is 2. The van der Waals surface area contributed by atoms with Gasteiger partial charge in [-0.1, -0.05) is 0 Å². The number of benzene rings is 1. The van der Waals surface area contributed by atoms with Crippen molar-refractivity contribution in [2.45, 2.75) is 26.6 Å². The summed E-state index contributed by atoms with van der Waals surface area (Å²) in [4.78, 5) is 34.4. The molecule has 0 unspecified atom stereocenters. The predicted octanol–water partition coefficient (Wildman–Crippen LogP) is 3.20. The van der Waals surface area contributed by atoms with E-state index in [0.29, 0.717) is 0 Å². The zero-order valence-corrected chi connectivity index (χ0v) is 14.9. The van der Waals surface area contributed by atoms with E-state index in [0.717, 1.165) is 16.7 Å². The number of Topliss-reactive ketones (excluding diaryl/α,β-unsaturated/α-hetero) is 1. The maximum absolute atomic E-state index is 12.6. The fraction of sp³-hybridized carbons (Fsp3) is 0.294. The van der Waals surface area contributed by atoms with Crippen LogP contribution in [-0.4, -0.2) is 34.0 Å². The number of ether oxygens (including phenoxy) is 1. The van der Waals surface area contributed by atoms with E-state index in [1.54, 1.807) is 0 Å². The van der Waals surface area contributed by atoms with Crippen molar-refractivity contribution in [3.05, 3.63) is 56.9 Å². The van der Waals surface area contributed by atoms with Crippen molar-refractivity contribution in [2.75, 3.05) is 12.3 Å². The second-order valence-corrected chi connectivity index (χ2v) is 6.02. The minimum atomic E-state index is -4.45. The largest absolute Gasteiger partial charge is 0.454 e. The van der Waals surface area contributed by atoms with Crippen molar-refractivity contribution in [2.24, 2.45) is 0 Å². The Morgan fingerprint density at radius 3 is 2.46 bits per heavy atom. The van der Waals surface area contributed by atoms with E-state index < -0.39 is 41.7 Å². The van der Waals surface area contributed by atoms with Crippen molar-refractivity contribution in [3.63, 3.8) is 0 Å². The number of aryl methyl sites for hydroxylation is 1. The number of aromatic nitrogens is 1. The van der Waals surface area contributed by atoms with Gasteiger partial charge in [-0.25, -0.2) is 4.79 Å². The minimum Gasteiger partial charge on any atom is -0.454 e. The first-order valence-corrected chi connectivity index (χ1v) is 7.88. The third kappa shape index (κ3) is 4.67. The van der Waals surface area contributed by atoms with Crippen LogP contribution in [0.3, 0.4) is 0 Å². The number of nitrogens with two attached hydrogens (primary N) is 1. The SMILES string of the molecule is Cc1cc(C(=O)COC(=O)c2ccc(N)c([N+](=O)[O-])c2)c(C)n1CC(F)(F)F. The molecular weight excluding hydrogens is 383 g/mol. The average Bonchev–Trinajstić information content (AvgIpc) is 2.86. The van der Waals surface area contributed by atoms with Gasteiger partial charge in [-0.15, -0.1) is 0 Å². The Hall–Kier alpha value is -3.37. The molecule has 0 fully saturated rings. The first-order valence-electron chi connectivity index (χ1n) is 7.88. The number of hydrogen-bond acceptors (Lipinski definition) is 6. The quantitative estimate of drug-likeness (QED) is 0.262. The fourth-order valence-electron chi connectivity index (χ4n) is 2.63. The molecule has 8 nitrogen and oxygen atoms in total.